The first-order chi connectivity index (χ1) is 7.58. The van der Waals surface area contributed by atoms with Crippen LogP contribution in [0.4, 0.5) is 0 Å². The van der Waals surface area contributed by atoms with Crippen LogP contribution in [0.1, 0.15) is 39.0 Å². The molecule has 0 aliphatic carbocycles. The summed E-state index contributed by atoms with van der Waals surface area (Å²) in [5.74, 6) is 0.707. The monoisotopic (exact) mass is 239 g/mol. The Hall–Kier alpha value is -0.340. The summed E-state index contributed by atoms with van der Waals surface area (Å²) < 4.78 is 0. The Morgan fingerprint density at radius 2 is 2.19 bits per heavy atom. The molecule has 1 N–H and O–H groups in total. The third kappa shape index (κ3) is 3.91. The van der Waals surface area contributed by atoms with Crippen molar-refractivity contribution in [2.24, 2.45) is 11.3 Å². The lowest BCUT2D eigenvalue weighted by molar-refractivity contribution is 0.209. The van der Waals surface area contributed by atoms with Gasteiger partial charge in [0.2, 0.25) is 0 Å². The van der Waals surface area contributed by atoms with Crippen LogP contribution in [0, 0.1) is 11.3 Å². The van der Waals surface area contributed by atoms with Crippen molar-refractivity contribution in [3.63, 3.8) is 0 Å². The molecule has 0 radical (unpaired) electrons. The fourth-order valence-corrected chi connectivity index (χ4v) is 2.73. The van der Waals surface area contributed by atoms with Gasteiger partial charge in [0.25, 0.3) is 0 Å². The van der Waals surface area contributed by atoms with Crippen molar-refractivity contribution >= 4 is 11.3 Å². The van der Waals surface area contributed by atoms with Crippen LogP contribution in [0.2, 0.25) is 0 Å². The van der Waals surface area contributed by atoms with Gasteiger partial charge in [-0.2, -0.15) is 0 Å². The summed E-state index contributed by atoms with van der Waals surface area (Å²) in [7, 11) is 0. The van der Waals surface area contributed by atoms with Crippen molar-refractivity contribution in [1.29, 1.82) is 0 Å². The molecule has 2 heteroatoms. The molecule has 0 aliphatic rings. The second-order valence-electron chi connectivity index (χ2n) is 5.24. The van der Waals surface area contributed by atoms with Gasteiger partial charge in [-0.1, -0.05) is 33.8 Å². The minimum absolute atomic E-state index is 0.375. The minimum Gasteiger partial charge on any atom is -0.316 e. The molecule has 92 valence electrons. The van der Waals surface area contributed by atoms with Crippen molar-refractivity contribution in [3.8, 4) is 0 Å². The molecule has 0 fully saturated rings. The summed E-state index contributed by atoms with van der Waals surface area (Å²) in [6.07, 6.45) is 2.41. The van der Waals surface area contributed by atoms with E-state index in [1.165, 1.54) is 17.7 Å². The Morgan fingerprint density at radius 1 is 1.44 bits per heavy atom. The molecule has 0 aromatic carbocycles. The zero-order valence-corrected chi connectivity index (χ0v) is 11.9. The van der Waals surface area contributed by atoms with E-state index >= 15 is 0 Å². The van der Waals surface area contributed by atoms with E-state index in [9.17, 15) is 0 Å². The highest BCUT2D eigenvalue weighted by molar-refractivity contribution is 7.09. The van der Waals surface area contributed by atoms with E-state index in [1.54, 1.807) is 0 Å². The van der Waals surface area contributed by atoms with E-state index in [0.29, 0.717) is 11.3 Å². The van der Waals surface area contributed by atoms with Crippen LogP contribution in [0.3, 0.4) is 0 Å². The van der Waals surface area contributed by atoms with Gasteiger partial charge in [-0.3, -0.25) is 0 Å². The van der Waals surface area contributed by atoms with Gasteiger partial charge >= 0.3 is 0 Å². The maximum absolute atomic E-state index is 3.57. The maximum atomic E-state index is 3.57. The molecular weight excluding hydrogens is 214 g/mol. The van der Waals surface area contributed by atoms with E-state index in [4.69, 9.17) is 0 Å². The molecule has 1 rings (SSSR count). The van der Waals surface area contributed by atoms with Crippen molar-refractivity contribution in [2.45, 2.75) is 40.5 Å². The van der Waals surface area contributed by atoms with Gasteiger partial charge in [-0.05, 0) is 42.2 Å². The van der Waals surface area contributed by atoms with Crippen LogP contribution in [-0.2, 0) is 6.42 Å². The smallest absolute Gasteiger partial charge is 0.00512 e. The first kappa shape index (κ1) is 13.7. The summed E-state index contributed by atoms with van der Waals surface area (Å²) >= 11 is 1.88. The Bertz CT molecular complexity index is 279. The highest BCUT2D eigenvalue weighted by atomic mass is 32.1. The highest BCUT2D eigenvalue weighted by Gasteiger charge is 2.28. The standard InChI is InChI=1S/C14H25NS/c1-5-8-15-11-14(4,12(2)3)10-13-7-6-9-16-13/h6-7,9,12,15H,5,8,10-11H2,1-4H3. The van der Waals surface area contributed by atoms with E-state index in [2.05, 4.69) is 50.5 Å². The van der Waals surface area contributed by atoms with E-state index in [1.807, 2.05) is 11.3 Å². The molecular formula is C14H25NS. The summed E-state index contributed by atoms with van der Waals surface area (Å²) in [6.45, 7) is 11.5. The van der Waals surface area contributed by atoms with Gasteiger partial charge < -0.3 is 5.32 Å². The van der Waals surface area contributed by atoms with Gasteiger partial charge in [0.1, 0.15) is 0 Å². The van der Waals surface area contributed by atoms with Crippen LogP contribution in [-0.4, -0.2) is 13.1 Å². The van der Waals surface area contributed by atoms with Crippen molar-refractivity contribution in [3.05, 3.63) is 22.4 Å². The van der Waals surface area contributed by atoms with Crippen molar-refractivity contribution in [1.82, 2.24) is 5.32 Å². The predicted octanol–water partition coefficient (Wildman–Crippen LogP) is 3.95. The summed E-state index contributed by atoms with van der Waals surface area (Å²) in [5, 5.41) is 5.75. The number of hydrogen-bond donors (Lipinski definition) is 1. The summed E-state index contributed by atoms with van der Waals surface area (Å²) in [6, 6.07) is 4.41. The van der Waals surface area contributed by atoms with Gasteiger partial charge in [0, 0.05) is 11.4 Å². The third-order valence-electron chi connectivity index (χ3n) is 3.51. The quantitative estimate of drug-likeness (QED) is 0.710. The summed E-state index contributed by atoms with van der Waals surface area (Å²) in [4.78, 5) is 1.51. The van der Waals surface area contributed by atoms with Crippen LogP contribution < -0.4 is 5.32 Å². The fraction of sp³-hybridized carbons (Fsp3) is 0.714. The Balaban J connectivity index is 2.57. The maximum Gasteiger partial charge on any atom is 0.00512 e. The topological polar surface area (TPSA) is 12.0 Å². The zero-order chi connectivity index (χ0) is 12.0. The number of rotatable bonds is 7. The average molecular weight is 239 g/mol. The lowest BCUT2D eigenvalue weighted by Gasteiger charge is -2.34. The molecule has 0 spiro atoms. The van der Waals surface area contributed by atoms with E-state index in [0.717, 1.165) is 13.1 Å². The second kappa shape index (κ2) is 6.41. The normalized spacial score (nSPS) is 15.3. The van der Waals surface area contributed by atoms with Crippen LogP contribution >= 0.6 is 11.3 Å². The van der Waals surface area contributed by atoms with Crippen LogP contribution in [0.25, 0.3) is 0 Å². The molecule has 0 aliphatic heterocycles. The summed E-state index contributed by atoms with van der Waals surface area (Å²) in [5.41, 5.74) is 0.375. The number of nitrogens with one attached hydrogen (secondary N) is 1. The second-order valence-corrected chi connectivity index (χ2v) is 6.27. The molecule has 1 atom stereocenters. The Morgan fingerprint density at radius 3 is 2.69 bits per heavy atom. The van der Waals surface area contributed by atoms with Gasteiger partial charge in [-0.15, -0.1) is 11.3 Å². The molecule has 1 heterocycles. The molecule has 0 bridgehead atoms. The molecule has 1 aromatic rings. The fourth-order valence-electron chi connectivity index (χ4n) is 1.83. The van der Waals surface area contributed by atoms with Crippen molar-refractivity contribution in [2.75, 3.05) is 13.1 Å². The third-order valence-corrected chi connectivity index (χ3v) is 4.38. The molecule has 16 heavy (non-hydrogen) atoms. The van der Waals surface area contributed by atoms with Gasteiger partial charge in [-0.25, -0.2) is 0 Å². The minimum atomic E-state index is 0.375. The Kier molecular flexibility index (Phi) is 5.50. The number of thiophene rings is 1. The van der Waals surface area contributed by atoms with Gasteiger partial charge in [0.15, 0.2) is 0 Å². The Labute approximate surface area is 104 Å². The van der Waals surface area contributed by atoms with Crippen molar-refractivity contribution < 1.29 is 0 Å². The molecule has 0 amide bonds. The largest absolute Gasteiger partial charge is 0.316 e. The first-order valence-electron chi connectivity index (χ1n) is 6.31. The predicted molar refractivity (Wildman–Crippen MR) is 74.1 cm³/mol. The highest BCUT2D eigenvalue weighted by Crippen LogP contribution is 2.32. The molecule has 1 nitrogen and oxygen atoms in total. The molecule has 0 saturated heterocycles. The average Bonchev–Trinajstić information content (AvgIpc) is 2.70. The molecule has 1 aromatic heterocycles. The zero-order valence-electron chi connectivity index (χ0n) is 11.0. The lowest BCUT2D eigenvalue weighted by atomic mass is 9.76. The SMILES string of the molecule is CCCNCC(C)(Cc1cccs1)C(C)C. The first-order valence-corrected chi connectivity index (χ1v) is 7.19. The van der Waals surface area contributed by atoms with E-state index < -0.39 is 0 Å². The molecule has 1 unspecified atom stereocenters. The number of hydrogen-bond acceptors (Lipinski definition) is 2. The van der Waals surface area contributed by atoms with Crippen LogP contribution in [0.15, 0.2) is 17.5 Å². The van der Waals surface area contributed by atoms with E-state index in [-0.39, 0.29) is 0 Å². The van der Waals surface area contributed by atoms with Gasteiger partial charge in [0.05, 0.1) is 0 Å². The molecule has 0 saturated carbocycles. The van der Waals surface area contributed by atoms with Crippen LogP contribution in [0.5, 0.6) is 0 Å². The lowest BCUT2D eigenvalue weighted by Crippen LogP contribution is -2.38.